The maximum atomic E-state index is 6.08. The average Bonchev–Trinajstić information content (AvgIpc) is 2.88. The zero-order chi connectivity index (χ0) is 20.9. The molecule has 0 amide bonds. The molecule has 0 aromatic carbocycles. The molecule has 1 unspecified atom stereocenters. The van der Waals surface area contributed by atoms with Crippen LogP contribution in [0.4, 0.5) is 0 Å². The van der Waals surface area contributed by atoms with Crippen molar-refractivity contribution in [1.29, 1.82) is 0 Å². The highest BCUT2D eigenvalue weighted by Crippen LogP contribution is 2.24. The number of likely N-dealkylation sites (N-methyl/N-ethyl adjacent to an activating group) is 1. The first-order chi connectivity index (χ1) is 13.0. The van der Waals surface area contributed by atoms with E-state index >= 15 is 0 Å². The Morgan fingerprint density at radius 3 is 2.54 bits per heavy atom. The second kappa shape index (κ2) is 9.63. The zero-order valence-electron chi connectivity index (χ0n) is 18.9. The third kappa shape index (κ3) is 7.08. The molecule has 0 fully saturated rings. The molecule has 0 spiro atoms. The predicted octanol–water partition coefficient (Wildman–Crippen LogP) is 1.20. The summed E-state index contributed by atoms with van der Waals surface area (Å²) in [6.45, 7) is 13.6. The summed E-state index contributed by atoms with van der Waals surface area (Å²) < 4.78 is 13.8. The number of nitrogens with two attached hydrogens (primary N) is 1. The molecule has 2 N–H and O–H groups in total. The van der Waals surface area contributed by atoms with Gasteiger partial charge in [-0.15, -0.1) is 5.10 Å². The van der Waals surface area contributed by atoms with Crippen molar-refractivity contribution in [3.8, 4) is 0 Å². The quantitative estimate of drug-likeness (QED) is 0.496. The van der Waals surface area contributed by atoms with Crippen molar-refractivity contribution in [3.63, 3.8) is 0 Å². The molecule has 0 bridgehead atoms. The molecule has 1 atom stereocenters. The topological polar surface area (TPSA) is 81.7 Å². The lowest BCUT2D eigenvalue weighted by atomic mass is 9.92. The van der Waals surface area contributed by atoms with Gasteiger partial charge in [-0.25, -0.2) is 9.69 Å². The van der Waals surface area contributed by atoms with Crippen molar-refractivity contribution >= 4 is 0 Å². The van der Waals surface area contributed by atoms with Crippen LogP contribution in [0.1, 0.15) is 39.1 Å². The first-order valence-corrected chi connectivity index (χ1v) is 10.2. The Hall–Kier alpha value is -1.06. The zero-order valence-corrected chi connectivity index (χ0v) is 18.9. The lowest BCUT2D eigenvalue weighted by molar-refractivity contribution is -0.00150. The van der Waals surface area contributed by atoms with Gasteiger partial charge >= 0.3 is 0 Å². The van der Waals surface area contributed by atoms with Gasteiger partial charge in [0.2, 0.25) is 0 Å². The van der Waals surface area contributed by atoms with Crippen LogP contribution in [0.5, 0.6) is 0 Å². The van der Waals surface area contributed by atoms with E-state index in [4.69, 9.17) is 15.3 Å². The molecular formula is C20H40N6O2. The van der Waals surface area contributed by atoms with Crippen LogP contribution in [-0.4, -0.2) is 85.1 Å². The van der Waals surface area contributed by atoms with Crippen molar-refractivity contribution < 1.29 is 9.47 Å². The molecule has 8 heteroatoms. The Labute approximate surface area is 170 Å². The van der Waals surface area contributed by atoms with E-state index in [1.165, 1.54) is 5.69 Å². The Bertz CT molecular complexity index is 614. The molecule has 0 radical (unpaired) electrons. The number of methoxy groups -OCH3 is 1. The van der Waals surface area contributed by atoms with Gasteiger partial charge in [-0.1, -0.05) is 32.9 Å². The first-order valence-electron chi connectivity index (χ1n) is 10.2. The number of hydrogen-bond donors (Lipinski definition) is 1. The van der Waals surface area contributed by atoms with Crippen molar-refractivity contribution in [3.05, 3.63) is 11.4 Å². The monoisotopic (exact) mass is 396 g/mol. The molecule has 1 aliphatic rings. The summed E-state index contributed by atoms with van der Waals surface area (Å²) >= 11 is 0. The summed E-state index contributed by atoms with van der Waals surface area (Å²) in [5, 5.41) is 10.7. The fourth-order valence-electron chi connectivity index (χ4n) is 3.88. The second-order valence-corrected chi connectivity index (χ2v) is 9.95. The van der Waals surface area contributed by atoms with Gasteiger partial charge < -0.3 is 14.4 Å². The minimum absolute atomic E-state index is 0.0158. The summed E-state index contributed by atoms with van der Waals surface area (Å²) in [5.74, 6) is 5.79. The van der Waals surface area contributed by atoms with Gasteiger partial charge in [-0.3, -0.25) is 5.84 Å². The van der Waals surface area contributed by atoms with Crippen molar-refractivity contribution in [1.82, 2.24) is 24.9 Å². The number of fused-ring (bicyclic) bond motifs is 1. The Morgan fingerprint density at radius 1 is 1.21 bits per heavy atom. The van der Waals surface area contributed by atoms with Crippen LogP contribution in [0.3, 0.4) is 0 Å². The molecule has 28 heavy (non-hydrogen) atoms. The number of rotatable bonds is 9. The second-order valence-electron chi connectivity index (χ2n) is 9.95. The smallest absolute Gasteiger partial charge is 0.0885 e. The van der Waals surface area contributed by atoms with Gasteiger partial charge in [-0.2, -0.15) is 0 Å². The van der Waals surface area contributed by atoms with Crippen LogP contribution in [0, 0.1) is 10.8 Å². The van der Waals surface area contributed by atoms with E-state index in [1.54, 1.807) is 12.1 Å². The Morgan fingerprint density at radius 2 is 1.89 bits per heavy atom. The van der Waals surface area contributed by atoms with E-state index in [2.05, 4.69) is 54.6 Å². The van der Waals surface area contributed by atoms with Gasteiger partial charge in [0.1, 0.15) is 0 Å². The highest BCUT2D eigenvalue weighted by Gasteiger charge is 2.27. The van der Waals surface area contributed by atoms with E-state index in [1.807, 2.05) is 7.05 Å². The van der Waals surface area contributed by atoms with Gasteiger partial charge in [-0.05, 0) is 7.05 Å². The summed E-state index contributed by atoms with van der Waals surface area (Å²) in [7, 11) is 5.80. The van der Waals surface area contributed by atoms with Gasteiger partial charge in [0, 0.05) is 57.5 Å². The average molecular weight is 397 g/mol. The van der Waals surface area contributed by atoms with Gasteiger partial charge in [0.05, 0.1) is 37.3 Å². The highest BCUT2D eigenvalue weighted by atomic mass is 16.5. The van der Waals surface area contributed by atoms with Crippen LogP contribution in [0.2, 0.25) is 0 Å². The van der Waals surface area contributed by atoms with Crippen LogP contribution < -0.4 is 5.84 Å². The largest absolute Gasteiger partial charge is 0.380 e. The van der Waals surface area contributed by atoms with Gasteiger partial charge in [0.25, 0.3) is 0 Å². The minimum atomic E-state index is -0.0406. The van der Waals surface area contributed by atoms with Crippen molar-refractivity contribution in [2.45, 2.75) is 53.2 Å². The lowest BCUT2D eigenvalue weighted by Gasteiger charge is -2.31. The fourth-order valence-corrected chi connectivity index (χ4v) is 3.88. The molecule has 1 aromatic rings. The molecule has 1 aliphatic heterocycles. The molecule has 2 heterocycles. The van der Waals surface area contributed by atoms with Crippen molar-refractivity contribution in [2.24, 2.45) is 16.7 Å². The van der Waals surface area contributed by atoms with Crippen molar-refractivity contribution in [2.75, 3.05) is 54.1 Å². The van der Waals surface area contributed by atoms with Crippen LogP contribution in [-0.2, 0) is 28.9 Å². The molecule has 0 aliphatic carbocycles. The van der Waals surface area contributed by atoms with Crippen LogP contribution in [0.25, 0.3) is 0 Å². The van der Waals surface area contributed by atoms with E-state index in [0.717, 1.165) is 44.7 Å². The molecular weight excluding hydrogens is 356 g/mol. The number of ether oxygens (including phenoxy) is 2. The molecule has 1 aromatic heterocycles. The number of nitrogens with zero attached hydrogens (tertiary/aromatic N) is 5. The summed E-state index contributed by atoms with van der Waals surface area (Å²) in [6.07, 6.45) is 1.93. The van der Waals surface area contributed by atoms with E-state index < -0.39 is 0 Å². The maximum absolute atomic E-state index is 6.08. The predicted molar refractivity (Wildman–Crippen MR) is 111 cm³/mol. The van der Waals surface area contributed by atoms with Crippen LogP contribution >= 0.6 is 0 Å². The van der Waals surface area contributed by atoms with Crippen LogP contribution in [0.15, 0.2) is 0 Å². The van der Waals surface area contributed by atoms with E-state index in [0.29, 0.717) is 13.2 Å². The molecule has 8 nitrogen and oxygen atoms in total. The maximum Gasteiger partial charge on any atom is 0.0885 e. The normalized spacial score (nSPS) is 19.5. The summed E-state index contributed by atoms with van der Waals surface area (Å²) in [4.78, 5) is 2.32. The summed E-state index contributed by atoms with van der Waals surface area (Å²) in [5.41, 5.74) is 2.28. The standard InChI is InChI=1S/C20H40N6O2/c1-19(2,12-25(6)21)14-28-15-20(3,4)13-26-18-8-9-24(5)11-16(27-7)10-17(18)22-23-26/h16H,8-15,21H2,1-7H3. The summed E-state index contributed by atoms with van der Waals surface area (Å²) in [6, 6.07) is 0. The molecule has 2 rings (SSSR count). The highest BCUT2D eigenvalue weighted by molar-refractivity contribution is 5.13. The third-order valence-corrected chi connectivity index (χ3v) is 5.16. The molecule has 0 saturated carbocycles. The fraction of sp³-hybridized carbons (Fsp3) is 0.900. The SMILES string of the molecule is COC1Cc2nnn(CC(C)(C)COCC(C)(C)CN(C)N)c2CCN(C)C1. The number of hydrogen-bond acceptors (Lipinski definition) is 7. The minimum Gasteiger partial charge on any atom is -0.380 e. The Balaban J connectivity index is 1.99. The van der Waals surface area contributed by atoms with Gasteiger partial charge in [0.15, 0.2) is 0 Å². The first kappa shape index (κ1) is 23.2. The third-order valence-electron chi connectivity index (χ3n) is 5.16. The molecule has 0 saturated heterocycles. The van der Waals surface area contributed by atoms with E-state index in [-0.39, 0.29) is 16.9 Å². The van der Waals surface area contributed by atoms with E-state index in [9.17, 15) is 0 Å². The number of hydrazine groups is 1. The Kier molecular flexibility index (Phi) is 7.98. The molecule has 162 valence electrons. The lowest BCUT2D eigenvalue weighted by Crippen LogP contribution is -2.39. The number of aromatic nitrogens is 3.